The molecule has 0 amide bonds. The van der Waals surface area contributed by atoms with Crippen LogP contribution in [0.4, 0.5) is 0 Å². The second-order valence-corrected chi connectivity index (χ2v) is 98.8. The fourth-order valence-electron chi connectivity index (χ4n) is 2.78. The molecular formula is C9H26O18Si19. The van der Waals surface area contributed by atoms with Gasteiger partial charge in [0.25, 0.3) is 0 Å². The van der Waals surface area contributed by atoms with Gasteiger partial charge in [-0.1, -0.05) is 19.8 Å². The molecule has 0 aromatic carbocycles. The van der Waals surface area contributed by atoms with Gasteiger partial charge in [0.1, 0.15) is 0 Å². The highest BCUT2D eigenvalue weighted by Gasteiger charge is 2.55. The van der Waals surface area contributed by atoms with E-state index in [0.717, 1.165) is 18.9 Å². The minimum absolute atomic E-state index is 0.723. The van der Waals surface area contributed by atoms with Gasteiger partial charge in [0.2, 0.25) is 17.6 Å². The van der Waals surface area contributed by atoms with E-state index in [1.807, 2.05) is 20.0 Å². The van der Waals surface area contributed by atoms with E-state index in [1.165, 1.54) is 0 Å². The molecule has 0 aliphatic carbocycles. The maximum absolute atomic E-state index is 12.6. The van der Waals surface area contributed by atoms with E-state index < -0.39 is 150 Å². The Morgan fingerprint density at radius 2 is 0.739 bits per heavy atom. The largest absolute Gasteiger partial charge is 0.578 e. The van der Waals surface area contributed by atoms with E-state index in [9.17, 15) is 71.4 Å². The molecule has 0 saturated heterocycles. The van der Waals surface area contributed by atoms with Gasteiger partial charge in [-0.2, -0.15) is 0 Å². The highest BCUT2D eigenvalue weighted by atomic mass is 30.1. The van der Waals surface area contributed by atoms with Crippen molar-refractivity contribution in [2.45, 2.75) is 58.5 Å². The van der Waals surface area contributed by atoms with Crippen LogP contribution in [0.15, 0.2) is 0 Å². The Bertz CT molecular complexity index is 1550. The Hall–Kier alpha value is 0.681. The lowest BCUT2D eigenvalue weighted by atomic mass is 10.4. The van der Waals surface area contributed by atoms with Crippen LogP contribution in [0.3, 0.4) is 0 Å². The van der Waals surface area contributed by atoms with Crippen LogP contribution in [0.2, 0.25) is 38.8 Å². The summed E-state index contributed by atoms with van der Waals surface area (Å²) in [6.45, 7) is 10.3. The lowest BCUT2D eigenvalue weighted by Gasteiger charge is -2.22. The quantitative estimate of drug-likeness (QED) is 0.0866. The van der Waals surface area contributed by atoms with Crippen molar-refractivity contribution >= 4 is 150 Å². The molecule has 37 heteroatoms. The van der Waals surface area contributed by atoms with Gasteiger partial charge in [0.05, 0.1) is 0 Å². The second kappa shape index (κ2) is 20.5. The molecule has 0 aliphatic heterocycles. The monoisotopic (exact) mass is 954 g/mol. The minimum Gasteiger partial charge on any atom is -0.578 e. The normalized spacial score (nSPS) is 11.2. The van der Waals surface area contributed by atoms with E-state index in [-0.39, 0.29) is 0 Å². The molecule has 0 aliphatic rings. The molecule has 0 radical (unpaired) electrons. The zero-order valence-electron chi connectivity index (χ0n) is 25.2. The first-order valence-electron chi connectivity index (χ1n) is 12.8. The zero-order chi connectivity index (χ0) is 36.5. The van der Waals surface area contributed by atoms with E-state index in [1.54, 1.807) is 19.6 Å². The Morgan fingerprint density at radius 3 is 1.02 bits per heavy atom. The lowest BCUT2D eigenvalue weighted by Crippen LogP contribution is -2.56. The first-order chi connectivity index (χ1) is 20.8. The van der Waals surface area contributed by atoms with Crippen LogP contribution in [0.25, 0.3) is 0 Å². The molecule has 0 rings (SSSR count). The summed E-state index contributed by atoms with van der Waals surface area (Å²) in [6.07, 6.45) is 1.72. The van der Waals surface area contributed by atoms with E-state index in [0.29, 0.717) is 0 Å². The van der Waals surface area contributed by atoms with Gasteiger partial charge in [-0.05, 0) is 38.8 Å². The summed E-state index contributed by atoms with van der Waals surface area (Å²) in [4.78, 5) is 0. The fourth-order valence-corrected chi connectivity index (χ4v) is 192. The number of hydrogen-bond acceptors (Lipinski definition) is 18. The van der Waals surface area contributed by atoms with Crippen LogP contribution in [-0.2, 0) is 79.6 Å². The number of hydrogen-bond donors (Lipinski definition) is 0. The Kier molecular flexibility index (Phi) is 20.8. The van der Waals surface area contributed by atoms with Crippen LogP contribution in [0.1, 0.15) is 19.8 Å². The first kappa shape index (κ1) is 46.7. The predicted molar refractivity (Wildman–Crippen MR) is 174 cm³/mol. The highest BCUT2D eigenvalue weighted by molar-refractivity contribution is 7.81. The average Bonchev–Trinajstić information content (AvgIpc) is 3.00. The van der Waals surface area contributed by atoms with Gasteiger partial charge >= 0.3 is 124 Å². The van der Waals surface area contributed by atoms with Gasteiger partial charge in [0, 0.05) is 0 Å². The van der Waals surface area contributed by atoms with Crippen molar-refractivity contribution in [1.29, 1.82) is 0 Å². The van der Waals surface area contributed by atoms with Crippen molar-refractivity contribution in [2.75, 3.05) is 0 Å². The molecule has 46 heavy (non-hydrogen) atoms. The predicted octanol–water partition coefficient (Wildman–Crippen LogP) is -5.14. The van der Waals surface area contributed by atoms with Crippen LogP contribution in [-0.4, -0.2) is 150 Å². The van der Waals surface area contributed by atoms with Crippen molar-refractivity contribution in [1.82, 2.24) is 0 Å². The van der Waals surface area contributed by atoms with Crippen LogP contribution >= 0.6 is 0 Å². The van der Waals surface area contributed by atoms with Gasteiger partial charge in [-0.25, -0.2) is 0 Å². The molecular weight excluding hydrogens is 930 g/mol. The summed E-state index contributed by atoms with van der Waals surface area (Å²) in [5.74, 6) is 0. The molecule has 0 heterocycles. The standard InChI is InChI=1S/C9H26O18Si19/c1-7-8-9-46(5,6)26-28-30(11)32(13)34(15)36(17)38(19)40(21)42(23)44(25)43(24)41(22)39(20)37(18)35(16)33(14)31(12)29(10)27-45(2,3)4/h7-9,28H2,1-6H3. The summed E-state index contributed by atoms with van der Waals surface area (Å²) in [5, 5.41) is 0. The van der Waals surface area contributed by atoms with Crippen molar-refractivity contribution in [2.24, 2.45) is 0 Å². The summed E-state index contributed by atoms with van der Waals surface area (Å²) < 4.78 is 210. The van der Waals surface area contributed by atoms with Crippen molar-refractivity contribution in [3.63, 3.8) is 0 Å². The summed E-state index contributed by atoms with van der Waals surface area (Å²) in [6, 6.07) is 0.723. The maximum atomic E-state index is 12.6. The average molecular weight is 956 g/mol. The van der Waals surface area contributed by atoms with Gasteiger partial charge < -0.3 is 79.6 Å². The third-order valence-electron chi connectivity index (χ3n) is 5.24. The second-order valence-electron chi connectivity index (χ2n) is 10.7. The van der Waals surface area contributed by atoms with E-state index in [4.69, 9.17) is 8.23 Å². The lowest BCUT2D eigenvalue weighted by molar-refractivity contribution is 0.462. The molecule has 0 spiro atoms. The Balaban J connectivity index is 5.53. The molecule has 0 aromatic heterocycles. The topological polar surface area (TPSA) is 292 Å². The van der Waals surface area contributed by atoms with Crippen molar-refractivity contribution < 1.29 is 79.6 Å². The molecule has 0 N–H and O–H groups in total. The molecule has 0 aromatic rings. The molecule has 0 fully saturated rings. The van der Waals surface area contributed by atoms with E-state index in [2.05, 4.69) is 0 Å². The summed E-state index contributed by atoms with van der Waals surface area (Å²) in [5.41, 5.74) is 0. The van der Waals surface area contributed by atoms with Crippen LogP contribution in [0, 0.1) is 0 Å². The fraction of sp³-hybridized carbons (Fsp3) is 1.00. The molecule has 246 valence electrons. The van der Waals surface area contributed by atoms with Gasteiger partial charge in [0.15, 0.2) is 8.32 Å². The molecule has 0 bridgehead atoms. The number of unbranched alkanes of at least 4 members (excludes halogenated alkanes) is 1. The van der Waals surface area contributed by atoms with Crippen molar-refractivity contribution in [3.8, 4) is 0 Å². The molecule has 0 saturated carbocycles. The number of rotatable bonds is 23. The SMILES string of the molecule is CCCC[Si](C)(C)O[SiH2][Si](=O)[Si](=O)[Si](=O)[Si](=O)[Si](=O)[Si](=O)[Si](=O)[Si](=O)[Si](=O)[Si](=O)[Si](=O)[Si](=O)[Si](=O)[Si](=O)[Si](=O)[Si](=O)O[Si](C)(C)C. The molecule has 0 atom stereocenters. The van der Waals surface area contributed by atoms with E-state index >= 15 is 0 Å². The van der Waals surface area contributed by atoms with Crippen LogP contribution in [0.5, 0.6) is 0 Å². The van der Waals surface area contributed by atoms with Crippen LogP contribution < -0.4 is 0 Å². The first-order valence-corrected chi connectivity index (χ1v) is 59.7. The third-order valence-corrected chi connectivity index (χ3v) is 136. The molecule has 0 unspecified atom stereocenters. The third kappa shape index (κ3) is 14.5. The highest BCUT2D eigenvalue weighted by Crippen LogP contribution is 2.14. The smallest absolute Gasteiger partial charge is 0.532 e. The molecule has 18 nitrogen and oxygen atoms in total. The maximum Gasteiger partial charge on any atom is 0.532 e. The Morgan fingerprint density at radius 1 is 0.457 bits per heavy atom. The Labute approximate surface area is 286 Å². The summed E-state index contributed by atoms with van der Waals surface area (Å²) in [7, 11) is -70.3. The van der Waals surface area contributed by atoms with Crippen molar-refractivity contribution in [3.05, 3.63) is 0 Å². The minimum atomic E-state index is -4.28. The zero-order valence-corrected chi connectivity index (χ0v) is 44.6. The van der Waals surface area contributed by atoms with Gasteiger partial charge in [-0.15, -0.1) is 0 Å². The van der Waals surface area contributed by atoms with Gasteiger partial charge in [-0.3, -0.25) is 0 Å². The summed E-state index contributed by atoms with van der Waals surface area (Å²) >= 11 is 0.